The molecule has 66 heavy (non-hydrogen) atoms. The molecule has 344 valence electrons. The van der Waals surface area contributed by atoms with Crippen LogP contribution in [0.5, 0.6) is 0 Å². The fourth-order valence-electron chi connectivity index (χ4n) is 8.20. The third-order valence-corrected chi connectivity index (χ3v) is 11.6. The van der Waals surface area contributed by atoms with Crippen LogP contribution in [-0.4, -0.2) is 81.1 Å². The van der Waals surface area contributed by atoms with Crippen molar-refractivity contribution < 1.29 is 52.2 Å². The number of hydrogen-bond donors (Lipinski definition) is 0. The van der Waals surface area contributed by atoms with E-state index in [1.165, 1.54) is 0 Å². The smallest absolute Gasteiger partial charge is 0.338 e. The summed E-state index contributed by atoms with van der Waals surface area (Å²) < 4.78 is 67.0. The van der Waals surface area contributed by atoms with Gasteiger partial charge in [-0.1, -0.05) is 170 Å². The Bertz CT molecular complexity index is 2290. The van der Waals surface area contributed by atoms with E-state index in [1.807, 2.05) is 165 Å². The number of esters is 1. The molecule has 0 amide bonds. The van der Waals surface area contributed by atoms with Crippen molar-refractivity contribution in [3.63, 3.8) is 0 Å². The van der Waals surface area contributed by atoms with Gasteiger partial charge in [-0.25, -0.2) is 4.79 Å². The standard InChI is InChI=1S/C55H58O11/c1-39-47(65-53(56)45-31-19-8-20-32-45)49(59-34-41-23-11-4-12-24-41)52(62-37-44-29-17-7-18-30-44)55(63-39)66-48-46(38-58-33-40-21-9-3-10-22-40)64-54(57-2)51(61-36-43-27-15-6-16-28-43)50(48)60-35-42-25-13-5-14-26-42/h3-32,39,46-52,54-55H,33-38H2,1-2H3/t39-,46-,47-,48-,49+,50+,51-,52+,54+,55+/m1/s1. The summed E-state index contributed by atoms with van der Waals surface area (Å²) in [6, 6.07) is 58.3. The predicted octanol–water partition coefficient (Wildman–Crippen LogP) is 9.27. The summed E-state index contributed by atoms with van der Waals surface area (Å²) >= 11 is 0. The molecular weight excluding hydrogens is 837 g/mol. The largest absolute Gasteiger partial charge is 0.453 e. The van der Waals surface area contributed by atoms with Gasteiger partial charge in [0.05, 0.1) is 51.3 Å². The van der Waals surface area contributed by atoms with E-state index >= 15 is 0 Å². The first kappa shape index (κ1) is 46.9. The van der Waals surface area contributed by atoms with E-state index in [2.05, 4.69) is 0 Å². The normalized spacial score (nSPS) is 25.2. The molecule has 2 aliphatic heterocycles. The summed E-state index contributed by atoms with van der Waals surface area (Å²) in [7, 11) is 1.59. The van der Waals surface area contributed by atoms with Crippen LogP contribution < -0.4 is 0 Å². The minimum atomic E-state index is -1.10. The van der Waals surface area contributed by atoms with Gasteiger partial charge in [0.2, 0.25) is 0 Å². The second-order valence-corrected chi connectivity index (χ2v) is 16.4. The molecule has 6 aromatic carbocycles. The Hall–Kier alpha value is -5.57. The molecule has 2 saturated heterocycles. The van der Waals surface area contributed by atoms with Crippen molar-refractivity contribution in [3.05, 3.63) is 215 Å². The lowest BCUT2D eigenvalue weighted by atomic mass is 9.96. The van der Waals surface area contributed by atoms with E-state index in [1.54, 1.807) is 31.4 Å². The van der Waals surface area contributed by atoms with Crippen LogP contribution in [-0.2, 0) is 80.4 Å². The second kappa shape index (κ2) is 24.3. The van der Waals surface area contributed by atoms with Gasteiger partial charge < -0.3 is 47.4 Å². The van der Waals surface area contributed by atoms with Gasteiger partial charge in [-0.05, 0) is 46.9 Å². The Balaban J connectivity index is 1.16. The predicted molar refractivity (Wildman–Crippen MR) is 247 cm³/mol. The lowest BCUT2D eigenvalue weighted by molar-refractivity contribution is -0.370. The minimum Gasteiger partial charge on any atom is -0.453 e. The van der Waals surface area contributed by atoms with Gasteiger partial charge >= 0.3 is 5.97 Å². The maximum absolute atomic E-state index is 13.8. The van der Waals surface area contributed by atoms with Gasteiger partial charge in [0, 0.05) is 7.11 Å². The van der Waals surface area contributed by atoms with Gasteiger partial charge in [0.15, 0.2) is 18.7 Å². The summed E-state index contributed by atoms with van der Waals surface area (Å²) in [5.41, 5.74) is 5.18. The Morgan fingerprint density at radius 1 is 0.439 bits per heavy atom. The lowest BCUT2D eigenvalue weighted by Crippen LogP contribution is -2.66. The fourth-order valence-corrected chi connectivity index (χ4v) is 8.20. The zero-order valence-electron chi connectivity index (χ0n) is 37.3. The molecular formula is C55H58O11. The van der Waals surface area contributed by atoms with Gasteiger partial charge in [0.1, 0.15) is 36.6 Å². The van der Waals surface area contributed by atoms with Crippen molar-refractivity contribution in [2.45, 2.75) is 101 Å². The number of ether oxygens (including phenoxy) is 10. The van der Waals surface area contributed by atoms with Crippen molar-refractivity contribution >= 4 is 5.97 Å². The molecule has 0 aromatic heterocycles. The Morgan fingerprint density at radius 3 is 1.26 bits per heavy atom. The first-order chi connectivity index (χ1) is 32.5. The third-order valence-electron chi connectivity index (χ3n) is 11.6. The van der Waals surface area contributed by atoms with Crippen LogP contribution in [0.1, 0.15) is 45.1 Å². The van der Waals surface area contributed by atoms with E-state index in [4.69, 9.17) is 47.4 Å². The molecule has 8 rings (SSSR count). The van der Waals surface area contributed by atoms with Gasteiger partial charge in [0.25, 0.3) is 0 Å². The van der Waals surface area contributed by atoms with Crippen molar-refractivity contribution in [1.82, 2.24) is 0 Å². The third kappa shape index (κ3) is 12.9. The van der Waals surface area contributed by atoms with Gasteiger partial charge in [-0.15, -0.1) is 0 Å². The van der Waals surface area contributed by atoms with Crippen molar-refractivity contribution in [3.8, 4) is 0 Å². The summed E-state index contributed by atoms with van der Waals surface area (Å²) in [6.07, 6.45) is -8.59. The van der Waals surface area contributed by atoms with E-state index in [0.29, 0.717) is 12.2 Å². The van der Waals surface area contributed by atoms with E-state index in [9.17, 15) is 4.79 Å². The van der Waals surface area contributed by atoms with Crippen molar-refractivity contribution in [2.24, 2.45) is 0 Å². The van der Waals surface area contributed by atoms with E-state index in [0.717, 1.165) is 27.8 Å². The molecule has 0 bridgehead atoms. The van der Waals surface area contributed by atoms with Gasteiger partial charge in [-0.2, -0.15) is 0 Å². The molecule has 0 aliphatic carbocycles. The maximum Gasteiger partial charge on any atom is 0.338 e. The highest BCUT2D eigenvalue weighted by molar-refractivity contribution is 5.89. The molecule has 6 aromatic rings. The van der Waals surface area contributed by atoms with E-state index < -0.39 is 67.4 Å². The van der Waals surface area contributed by atoms with Crippen LogP contribution in [0.3, 0.4) is 0 Å². The highest BCUT2D eigenvalue weighted by Gasteiger charge is 2.54. The summed E-state index contributed by atoms with van der Waals surface area (Å²) in [5.74, 6) is -0.514. The lowest BCUT2D eigenvalue weighted by Gasteiger charge is -2.49. The Labute approximate surface area is 387 Å². The maximum atomic E-state index is 13.8. The van der Waals surface area contributed by atoms with Crippen LogP contribution in [0.25, 0.3) is 0 Å². The molecule has 2 aliphatic rings. The van der Waals surface area contributed by atoms with Crippen LogP contribution in [0, 0.1) is 0 Å². The Kier molecular flexibility index (Phi) is 17.3. The second-order valence-electron chi connectivity index (χ2n) is 16.4. The summed E-state index contributed by atoms with van der Waals surface area (Å²) in [4.78, 5) is 13.8. The number of benzene rings is 6. The fraction of sp³-hybridized carbons (Fsp3) is 0.327. The quantitative estimate of drug-likeness (QED) is 0.0646. The summed E-state index contributed by atoms with van der Waals surface area (Å²) in [5, 5.41) is 0. The number of methoxy groups -OCH3 is 1. The zero-order chi connectivity index (χ0) is 45.3. The molecule has 2 fully saturated rings. The minimum absolute atomic E-state index is 0.110. The molecule has 10 atom stereocenters. The molecule has 0 saturated carbocycles. The molecule has 0 radical (unpaired) electrons. The van der Waals surface area contributed by atoms with Gasteiger partial charge in [-0.3, -0.25) is 0 Å². The SMILES string of the molecule is CO[C@H]1O[C@H](COCc2ccccc2)[C@@H](O[C@@H]2O[C@H](C)[C@@H](OC(=O)c3ccccc3)[C@H](OCc3ccccc3)[C@@H]2OCc2ccccc2)[C@H](OCc2ccccc2)[C@H]1OCc1ccccc1. The van der Waals surface area contributed by atoms with Crippen LogP contribution in [0.2, 0.25) is 0 Å². The topological polar surface area (TPSA) is 109 Å². The first-order valence-corrected chi connectivity index (χ1v) is 22.5. The molecule has 0 unspecified atom stereocenters. The van der Waals surface area contributed by atoms with Crippen molar-refractivity contribution in [2.75, 3.05) is 13.7 Å². The first-order valence-electron chi connectivity index (χ1n) is 22.5. The number of rotatable bonds is 21. The molecule has 11 heteroatoms. The van der Waals surface area contributed by atoms with Crippen molar-refractivity contribution in [1.29, 1.82) is 0 Å². The highest BCUT2D eigenvalue weighted by Crippen LogP contribution is 2.36. The molecule has 0 N–H and O–H groups in total. The number of carbonyl (C=O) groups excluding carboxylic acids is 1. The highest BCUT2D eigenvalue weighted by atomic mass is 16.8. The zero-order valence-corrected chi connectivity index (χ0v) is 37.3. The number of hydrogen-bond acceptors (Lipinski definition) is 11. The monoisotopic (exact) mass is 894 g/mol. The van der Waals surface area contributed by atoms with Crippen LogP contribution in [0.4, 0.5) is 0 Å². The van der Waals surface area contributed by atoms with Crippen LogP contribution >= 0.6 is 0 Å². The number of carbonyl (C=O) groups is 1. The molecule has 0 spiro atoms. The summed E-state index contributed by atoms with van der Waals surface area (Å²) in [6.45, 7) is 3.16. The Morgan fingerprint density at radius 2 is 0.818 bits per heavy atom. The molecule has 2 heterocycles. The average Bonchev–Trinajstić information content (AvgIpc) is 3.37. The molecule has 11 nitrogen and oxygen atoms in total. The average molecular weight is 895 g/mol. The van der Waals surface area contributed by atoms with Crippen LogP contribution in [0.15, 0.2) is 182 Å². The van der Waals surface area contributed by atoms with E-state index in [-0.39, 0.29) is 33.0 Å².